The molecule has 0 saturated carbocycles. The number of methoxy groups -OCH3 is 1. The van der Waals surface area contributed by atoms with Gasteiger partial charge >= 0.3 is 0 Å². The molecule has 0 aromatic heterocycles. The summed E-state index contributed by atoms with van der Waals surface area (Å²) in [4.78, 5) is 0. The van der Waals surface area contributed by atoms with Crippen molar-refractivity contribution < 1.29 is 17.5 Å². The van der Waals surface area contributed by atoms with E-state index in [1.807, 2.05) is 0 Å². The second-order valence-electron chi connectivity index (χ2n) is 3.52. The van der Waals surface area contributed by atoms with E-state index in [4.69, 9.17) is 11.1 Å². The van der Waals surface area contributed by atoms with Gasteiger partial charge in [0.1, 0.15) is 11.7 Å². The van der Waals surface area contributed by atoms with Crippen LogP contribution in [0.2, 0.25) is 0 Å². The van der Waals surface area contributed by atoms with Gasteiger partial charge in [0.25, 0.3) is 0 Å². The van der Waals surface area contributed by atoms with Crippen LogP contribution in [0.4, 0.5) is 10.1 Å². The van der Waals surface area contributed by atoms with E-state index in [0.29, 0.717) is 0 Å². The minimum atomic E-state index is -3.62. The molecule has 0 atom stereocenters. The van der Waals surface area contributed by atoms with Crippen LogP contribution in [0.25, 0.3) is 0 Å². The molecular weight excluding hydrogens is 261 g/mol. The Morgan fingerprint density at radius 1 is 1.56 bits per heavy atom. The summed E-state index contributed by atoms with van der Waals surface area (Å²) < 4.78 is 43.1. The van der Waals surface area contributed by atoms with Crippen molar-refractivity contribution in [2.45, 2.75) is 0 Å². The van der Waals surface area contributed by atoms with Gasteiger partial charge in [-0.15, -0.1) is 0 Å². The summed E-state index contributed by atoms with van der Waals surface area (Å²) in [5.41, 5.74) is 5.33. The lowest BCUT2D eigenvalue weighted by molar-refractivity contribution is 0.217. The van der Waals surface area contributed by atoms with Crippen molar-refractivity contribution >= 4 is 21.5 Å². The molecule has 0 fully saturated rings. The van der Waals surface area contributed by atoms with E-state index in [9.17, 15) is 12.8 Å². The topological polar surface area (TPSA) is 105 Å². The number of anilines is 1. The largest absolute Gasteiger partial charge is 0.384 e. The molecule has 6 nitrogen and oxygen atoms in total. The van der Waals surface area contributed by atoms with Gasteiger partial charge < -0.3 is 10.5 Å². The summed E-state index contributed by atoms with van der Waals surface area (Å²) in [5.74, 6) is -1.25. The van der Waals surface area contributed by atoms with Crippen LogP contribution in [0.3, 0.4) is 0 Å². The van der Waals surface area contributed by atoms with Crippen LogP contribution < -0.4 is 10.5 Å². The molecule has 0 bridgehead atoms. The molecule has 0 aliphatic heterocycles. The fourth-order valence-electron chi connectivity index (χ4n) is 1.24. The number of sulfonamides is 1. The Bertz CT molecular complexity index is 545. The van der Waals surface area contributed by atoms with E-state index in [1.165, 1.54) is 13.2 Å². The lowest BCUT2D eigenvalue weighted by atomic mass is 10.1. The van der Waals surface area contributed by atoms with Crippen LogP contribution >= 0.6 is 0 Å². The quantitative estimate of drug-likeness (QED) is 0.519. The predicted molar refractivity (Wildman–Crippen MR) is 66.7 cm³/mol. The Morgan fingerprint density at radius 3 is 2.78 bits per heavy atom. The Kier molecular flexibility index (Phi) is 4.62. The van der Waals surface area contributed by atoms with Gasteiger partial charge in [-0.25, -0.2) is 12.8 Å². The molecular formula is C10H14FN3O3S. The number of nitrogens with one attached hydrogen (secondary N) is 2. The Labute approximate surface area is 105 Å². The first-order valence-corrected chi connectivity index (χ1v) is 6.64. The molecule has 1 aromatic carbocycles. The number of nitrogen functional groups attached to an aromatic ring is 1. The smallest absolute Gasteiger partial charge is 0.235 e. The number of benzene rings is 1. The SMILES string of the molecule is COCCS(=O)(=O)Nc1ccc(F)cc1C(=N)N. The Hall–Kier alpha value is -1.67. The molecule has 0 amide bonds. The number of ether oxygens (including phenoxy) is 1. The van der Waals surface area contributed by atoms with Crippen LogP contribution in [-0.4, -0.2) is 33.7 Å². The lowest BCUT2D eigenvalue weighted by Crippen LogP contribution is -2.22. The van der Waals surface area contributed by atoms with Crippen molar-refractivity contribution in [3.8, 4) is 0 Å². The summed E-state index contributed by atoms with van der Waals surface area (Å²) in [7, 11) is -2.23. The summed E-state index contributed by atoms with van der Waals surface area (Å²) in [6, 6.07) is 3.30. The van der Waals surface area contributed by atoms with Gasteiger partial charge in [-0.3, -0.25) is 10.1 Å². The fourth-order valence-corrected chi connectivity index (χ4v) is 2.24. The zero-order chi connectivity index (χ0) is 13.8. The van der Waals surface area contributed by atoms with Crippen molar-refractivity contribution in [2.24, 2.45) is 5.73 Å². The van der Waals surface area contributed by atoms with E-state index in [0.717, 1.165) is 12.1 Å². The highest BCUT2D eigenvalue weighted by Crippen LogP contribution is 2.18. The van der Waals surface area contributed by atoms with Gasteiger partial charge in [-0.1, -0.05) is 0 Å². The van der Waals surface area contributed by atoms with Gasteiger partial charge in [0, 0.05) is 12.7 Å². The highest BCUT2D eigenvalue weighted by Gasteiger charge is 2.14. The Morgan fingerprint density at radius 2 is 2.22 bits per heavy atom. The first-order valence-electron chi connectivity index (χ1n) is 4.99. The third kappa shape index (κ3) is 3.97. The van der Waals surface area contributed by atoms with Crippen molar-refractivity contribution in [3.05, 3.63) is 29.6 Å². The molecule has 0 heterocycles. The minimum absolute atomic E-state index is 0.00371. The number of nitrogens with two attached hydrogens (primary N) is 1. The number of hydrogen-bond acceptors (Lipinski definition) is 4. The molecule has 1 rings (SSSR count). The summed E-state index contributed by atoms with van der Waals surface area (Å²) in [5, 5.41) is 7.27. The average molecular weight is 275 g/mol. The minimum Gasteiger partial charge on any atom is -0.384 e. The van der Waals surface area contributed by atoms with Crippen LogP contribution in [0.5, 0.6) is 0 Å². The molecule has 0 aliphatic rings. The highest BCUT2D eigenvalue weighted by atomic mass is 32.2. The van der Waals surface area contributed by atoms with E-state index >= 15 is 0 Å². The summed E-state index contributed by atoms with van der Waals surface area (Å²) in [6.45, 7) is 0.0337. The van der Waals surface area contributed by atoms with E-state index in [1.54, 1.807) is 0 Å². The molecule has 0 aliphatic carbocycles. The van der Waals surface area contributed by atoms with E-state index in [-0.39, 0.29) is 23.6 Å². The van der Waals surface area contributed by atoms with Crippen molar-refractivity contribution in [2.75, 3.05) is 24.2 Å². The molecule has 1 aromatic rings. The molecule has 0 unspecified atom stereocenters. The van der Waals surface area contributed by atoms with E-state index in [2.05, 4.69) is 9.46 Å². The maximum Gasteiger partial charge on any atom is 0.235 e. The van der Waals surface area contributed by atoms with Crippen LogP contribution in [-0.2, 0) is 14.8 Å². The van der Waals surface area contributed by atoms with Gasteiger partial charge in [0.15, 0.2) is 0 Å². The van der Waals surface area contributed by atoms with Crippen LogP contribution in [0.1, 0.15) is 5.56 Å². The lowest BCUT2D eigenvalue weighted by Gasteiger charge is -2.11. The second kappa shape index (κ2) is 5.78. The van der Waals surface area contributed by atoms with Gasteiger partial charge in [0.2, 0.25) is 10.0 Å². The Balaban J connectivity index is 3.01. The molecule has 18 heavy (non-hydrogen) atoms. The molecule has 0 radical (unpaired) electrons. The third-order valence-corrected chi connectivity index (χ3v) is 3.33. The van der Waals surface area contributed by atoms with E-state index < -0.39 is 21.7 Å². The first kappa shape index (κ1) is 14.4. The molecule has 0 spiro atoms. The predicted octanol–water partition coefficient (Wildman–Crippen LogP) is 0.498. The maximum atomic E-state index is 13.0. The first-order chi connectivity index (χ1) is 8.35. The number of rotatable bonds is 6. The van der Waals surface area contributed by atoms with Gasteiger partial charge in [0.05, 0.1) is 18.0 Å². The van der Waals surface area contributed by atoms with Gasteiger partial charge in [-0.05, 0) is 18.2 Å². The number of halogens is 1. The van der Waals surface area contributed by atoms with Crippen molar-refractivity contribution in [1.82, 2.24) is 0 Å². The zero-order valence-corrected chi connectivity index (χ0v) is 10.6. The fraction of sp³-hybridized carbons (Fsp3) is 0.300. The van der Waals surface area contributed by atoms with Gasteiger partial charge in [-0.2, -0.15) is 0 Å². The molecule has 8 heteroatoms. The molecule has 0 saturated heterocycles. The summed E-state index contributed by atoms with van der Waals surface area (Å²) in [6.07, 6.45) is 0. The van der Waals surface area contributed by atoms with Crippen LogP contribution in [0, 0.1) is 11.2 Å². The number of hydrogen-bond donors (Lipinski definition) is 3. The second-order valence-corrected chi connectivity index (χ2v) is 5.36. The zero-order valence-electron chi connectivity index (χ0n) is 9.73. The standard InChI is InChI=1S/C10H14FN3O3S/c1-17-4-5-18(15,16)14-9-3-2-7(11)6-8(9)10(12)13/h2-3,6,14H,4-5H2,1H3,(H3,12,13). The van der Waals surface area contributed by atoms with Crippen molar-refractivity contribution in [1.29, 1.82) is 5.41 Å². The molecule has 4 N–H and O–H groups in total. The molecule has 100 valence electrons. The third-order valence-electron chi connectivity index (χ3n) is 2.09. The maximum absolute atomic E-state index is 13.0. The highest BCUT2D eigenvalue weighted by molar-refractivity contribution is 7.92. The monoisotopic (exact) mass is 275 g/mol. The summed E-state index contributed by atoms with van der Waals surface area (Å²) >= 11 is 0. The van der Waals surface area contributed by atoms with Crippen molar-refractivity contribution in [3.63, 3.8) is 0 Å². The number of amidine groups is 1. The average Bonchev–Trinajstić information content (AvgIpc) is 2.28. The normalized spacial score (nSPS) is 11.2. The van der Waals surface area contributed by atoms with Crippen LogP contribution in [0.15, 0.2) is 18.2 Å².